The zero-order valence-corrected chi connectivity index (χ0v) is 12.9. The van der Waals surface area contributed by atoms with Gasteiger partial charge in [-0.1, -0.05) is 50.8 Å². The minimum atomic E-state index is -0.369. The Kier molecular flexibility index (Phi) is 7.41. The van der Waals surface area contributed by atoms with Crippen LogP contribution in [0.2, 0.25) is 0 Å². The minimum Gasteiger partial charge on any atom is -0.258 e. The molecule has 1 rings (SSSR count). The van der Waals surface area contributed by atoms with Gasteiger partial charge in [-0.15, -0.1) is 0 Å². The van der Waals surface area contributed by atoms with E-state index < -0.39 is 0 Å². The molecule has 4 heteroatoms. The summed E-state index contributed by atoms with van der Waals surface area (Å²) in [5.74, 6) is 0. The van der Waals surface area contributed by atoms with Crippen molar-refractivity contribution in [3.63, 3.8) is 0 Å². The van der Waals surface area contributed by atoms with Crippen molar-refractivity contribution >= 4 is 27.7 Å². The van der Waals surface area contributed by atoms with Crippen LogP contribution in [0.25, 0.3) is 6.08 Å². The summed E-state index contributed by atoms with van der Waals surface area (Å²) in [7, 11) is 0. The number of hydrogen-bond donors (Lipinski definition) is 0. The third kappa shape index (κ3) is 6.01. The van der Waals surface area contributed by atoms with E-state index >= 15 is 0 Å². The zero-order valence-electron chi connectivity index (χ0n) is 11.3. The predicted octanol–water partition coefficient (Wildman–Crippen LogP) is 5.73. The smallest absolute Gasteiger partial charge is 0.258 e. The molecule has 0 unspecified atom stereocenters. The van der Waals surface area contributed by atoms with E-state index in [2.05, 4.69) is 28.9 Å². The molecule has 0 atom stereocenters. The molecule has 3 nitrogen and oxygen atoms in total. The fourth-order valence-electron chi connectivity index (χ4n) is 1.86. The highest BCUT2D eigenvalue weighted by molar-refractivity contribution is 9.10. The first kappa shape index (κ1) is 15.9. The molecule has 19 heavy (non-hydrogen) atoms. The number of halogens is 1. The standard InChI is InChI=1S/C15H20BrNO2/c1-2-3-4-5-6-7-8-9-13-10-11-14(16)15(12-13)17(18)19/h8-12H,2-7H2,1H3. The summed E-state index contributed by atoms with van der Waals surface area (Å²) in [4.78, 5) is 10.4. The number of nitro benzene ring substituents is 1. The Bertz CT molecular complexity index is 444. The molecule has 0 bridgehead atoms. The average molecular weight is 326 g/mol. The van der Waals surface area contributed by atoms with Crippen LogP contribution in [-0.4, -0.2) is 4.92 Å². The summed E-state index contributed by atoms with van der Waals surface area (Å²) < 4.78 is 0.522. The number of nitrogens with zero attached hydrogens (tertiary/aromatic N) is 1. The van der Waals surface area contributed by atoms with Crippen LogP contribution < -0.4 is 0 Å². The molecule has 0 N–H and O–H groups in total. The molecule has 0 amide bonds. The van der Waals surface area contributed by atoms with E-state index in [0.717, 1.165) is 12.0 Å². The highest BCUT2D eigenvalue weighted by Gasteiger charge is 2.10. The summed E-state index contributed by atoms with van der Waals surface area (Å²) >= 11 is 3.18. The molecular formula is C15H20BrNO2. The maximum absolute atomic E-state index is 10.8. The molecule has 0 aliphatic rings. The van der Waals surface area contributed by atoms with Crippen LogP contribution in [0.5, 0.6) is 0 Å². The molecule has 0 fully saturated rings. The molecule has 0 aromatic heterocycles. The molecule has 0 saturated heterocycles. The maximum atomic E-state index is 10.8. The molecule has 1 aromatic carbocycles. The molecule has 0 spiro atoms. The van der Waals surface area contributed by atoms with Gasteiger partial charge in [-0.2, -0.15) is 0 Å². The number of unbranched alkanes of at least 4 members (excludes halogenated alkanes) is 5. The van der Waals surface area contributed by atoms with Gasteiger partial charge in [-0.3, -0.25) is 10.1 Å². The second-order valence-electron chi connectivity index (χ2n) is 4.57. The molecule has 0 saturated carbocycles. The molecule has 104 valence electrons. The lowest BCUT2D eigenvalue weighted by Gasteiger charge is -1.98. The molecular weight excluding hydrogens is 306 g/mol. The van der Waals surface area contributed by atoms with Gasteiger partial charge in [-0.05, 0) is 40.4 Å². The third-order valence-corrected chi connectivity index (χ3v) is 3.62. The number of hydrogen-bond acceptors (Lipinski definition) is 2. The van der Waals surface area contributed by atoms with Crippen LogP contribution >= 0.6 is 15.9 Å². The second-order valence-corrected chi connectivity index (χ2v) is 5.43. The lowest BCUT2D eigenvalue weighted by atomic mass is 10.1. The summed E-state index contributed by atoms with van der Waals surface area (Å²) in [6.45, 7) is 2.21. The topological polar surface area (TPSA) is 43.1 Å². The molecule has 0 aliphatic heterocycles. The normalized spacial score (nSPS) is 11.1. The first-order chi connectivity index (χ1) is 9.15. The predicted molar refractivity (Wildman–Crippen MR) is 83.2 cm³/mol. The Balaban J connectivity index is 2.44. The van der Waals surface area contributed by atoms with Crippen LogP contribution in [0.15, 0.2) is 28.7 Å². The lowest BCUT2D eigenvalue weighted by Crippen LogP contribution is -1.89. The van der Waals surface area contributed by atoms with Crippen molar-refractivity contribution in [2.75, 3.05) is 0 Å². The highest BCUT2D eigenvalue weighted by atomic mass is 79.9. The minimum absolute atomic E-state index is 0.116. The highest BCUT2D eigenvalue weighted by Crippen LogP contribution is 2.26. The van der Waals surface area contributed by atoms with Gasteiger partial charge in [0.05, 0.1) is 9.40 Å². The Morgan fingerprint density at radius 1 is 1.26 bits per heavy atom. The van der Waals surface area contributed by atoms with Crippen LogP contribution in [0, 0.1) is 10.1 Å². The summed E-state index contributed by atoms with van der Waals surface area (Å²) in [6.07, 6.45) is 11.4. The van der Waals surface area contributed by atoms with Crippen LogP contribution in [0.3, 0.4) is 0 Å². The number of allylic oxidation sites excluding steroid dienone is 1. The van der Waals surface area contributed by atoms with Crippen molar-refractivity contribution in [2.45, 2.75) is 45.4 Å². The molecule has 0 aliphatic carbocycles. The second kappa shape index (κ2) is 8.86. The van der Waals surface area contributed by atoms with E-state index in [1.165, 1.54) is 32.1 Å². The fourth-order valence-corrected chi connectivity index (χ4v) is 2.25. The number of rotatable bonds is 8. The SMILES string of the molecule is CCCCCCCC=Cc1ccc(Br)c([N+](=O)[O-])c1. The van der Waals surface area contributed by atoms with Crippen molar-refractivity contribution < 1.29 is 4.92 Å². The average Bonchev–Trinajstić information content (AvgIpc) is 2.39. The Morgan fingerprint density at radius 2 is 2.00 bits per heavy atom. The van der Waals surface area contributed by atoms with Gasteiger partial charge in [-0.25, -0.2) is 0 Å². The van der Waals surface area contributed by atoms with Crippen molar-refractivity contribution in [3.8, 4) is 0 Å². The first-order valence-corrected chi connectivity index (χ1v) is 7.55. The van der Waals surface area contributed by atoms with E-state index in [1.807, 2.05) is 12.1 Å². The van der Waals surface area contributed by atoms with Gasteiger partial charge in [0.2, 0.25) is 0 Å². The van der Waals surface area contributed by atoms with E-state index in [0.29, 0.717) is 4.47 Å². The van der Waals surface area contributed by atoms with Gasteiger partial charge >= 0.3 is 0 Å². The zero-order chi connectivity index (χ0) is 14.1. The van der Waals surface area contributed by atoms with Gasteiger partial charge < -0.3 is 0 Å². The van der Waals surface area contributed by atoms with Crippen LogP contribution in [0.1, 0.15) is 51.0 Å². The van der Waals surface area contributed by atoms with Gasteiger partial charge in [0, 0.05) is 6.07 Å². The summed E-state index contributed by atoms with van der Waals surface area (Å²) in [5.41, 5.74) is 0.994. The van der Waals surface area contributed by atoms with E-state index in [-0.39, 0.29) is 10.6 Å². The molecule has 0 heterocycles. The van der Waals surface area contributed by atoms with Crippen molar-refractivity contribution in [1.29, 1.82) is 0 Å². The van der Waals surface area contributed by atoms with Crippen LogP contribution in [0.4, 0.5) is 5.69 Å². The van der Waals surface area contributed by atoms with E-state index in [9.17, 15) is 10.1 Å². The number of benzene rings is 1. The molecule has 1 aromatic rings. The number of nitro groups is 1. The Hall–Kier alpha value is -1.16. The van der Waals surface area contributed by atoms with E-state index in [1.54, 1.807) is 12.1 Å². The van der Waals surface area contributed by atoms with Crippen LogP contribution in [-0.2, 0) is 0 Å². The summed E-state index contributed by atoms with van der Waals surface area (Å²) in [5, 5.41) is 10.8. The monoisotopic (exact) mass is 325 g/mol. The van der Waals surface area contributed by atoms with Crippen molar-refractivity contribution in [2.24, 2.45) is 0 Å². The van der Waals surface area contributed by atoms with Gasteiger partial charge in [0.15, 0.2) is 0 Å². The Labute approximate surface area is 123 Å². The lowest BCUT2D eigenvalue weighted by molar-refractivity contribution is -0.385. The quantitative estimate of drug-likeness (QED) is 0.348. The largest absolute Gasteiger partial charge is 0.284 e. The summed E-state index contributed by atoms with van der Waals surface area (Å²) in [6, 6.07) is 5.20. The van der Waals surface area contributed by atoms with Gasteiger partial charge in [0.1, 0.15) is 0 Å². The van der Waals surface area contributed by atoms with Crippen molar-refractivity contribution in [1.82, 2.24) is 0 Å². The molecule has 0 radical (unpaired) electrons. The maximum Gasteiger partial charge on any atom is 0.284 e. The van der Waals surface area contributed by atoms with E-state index in [4.69, 9.17) is 0 Å². The fraction of sp³-hybridized carbons (Fsp3) is 0.467. The van der Waals surface area contributed by atoms with Gasteiger partial charge in [0.25, 0.3) is 5.69 Å². The van der Waals surface area contributed by atoms with Crippen molar-refractivity contribution in [3.05, 3.63) is 44.4 Å². The Morgan fingerprint density at radius 3 is 2.68 bits per heavy atom. The third-order valence-electron chi connectivity index (χ3n) is 2.95. The first-order valence-electron chi connectivity index (χ1n) is 6.75.